The van der Waals surface area contributed by atoms with Crippen LogP contribution in [0.2, 0.25) is 0 Å². The van der Waals surface area contributed by atoms with Crippen molar-refractivity contribution in [3.8, 4) is 11.9 Å². The smallest absolute Gasteiger partial charge is 0.232 e. The Bertz CT molecular complexity index is 572. The van der Waals surface area contributed by atoms with Crippen molar-refractivity contribution >= 4 is 10.9 Å². The quantitative estimate of drug-likeness (QED) is 0.749. The number of nitrogens with zero attached hydrogens (tertiary/aromatic N) is 2. The van der Waals surface area contributed by atoms with E-state index in [4.69, 9.17) is 10.00 Å². The van der Waals surface area contributed by atoms with Crippen LogP contribution in [0.1, 0.15) is 31.7 Å². The number of unbranched alkanes of at least 4 members (excludes halogenated alkanes) is 2. The maximum atomic E-state index is 9.11. The standard InChI is InChI=1S/C15H16N2O/c1-2-3-6-9-18-15-13(11-16)10-12-7-4-5-8-14(12)17-15/h4-5,7-8,10H,2-3,6,9H2,1H3. The van der Waals surface area contributed by atoms with Gasteiger partial charge in [-0.15, -0.1) is 0 Å². The Hall–Kier alpha value is -2.08. The van der Waals surface area contributed by atoms with Gasteiger partial charge in [0, 0.05) is 5.39 Å². The van der Waals surface area contributed by atoms with Crippen LogP contribution < -0.4 is 4.74 Å². The molecule has 0 bridgehead atoms. The molecule has 0 atom stereocenters. The predicted molar refractivity (Wildman–Crippen MR) is 71.5 cm³/mol. The maximum Gasteiger partial charge on any atom is 0.232 e. The van der Waals surface area contributed by atoms with Gasteiger partial charge in [-0.05, 0) is 18.6 Å². The van der Waals surface area contributed by atoms with Crippen molar-refractivity contribution in [2.75, 3.05) is 6.61 Å². The summed E-state index contributed by atoms with van der Waals surface area (Å²) in [6.45, 7) is 2.77. The number of pyridine rings is 1. The van der Waals surface area contributed by atoms with E-state index in [1.54, 1.807) is 0 Å². The largest absolute Gasteiger partial charge is 0.477 e. The molecule has 0 fully saturated rings. The van der Waals surface area contributed by atoms with Crippen LogP contribution in [0.4, 0.5) is 0 Å². The molecule has 1 aromatic carbocycles. The number of hydrogen-bond donors (Lipinski definition) is 0. The first-order valence-electron chi connectivity index (χ1n) is 6.28. The van der Waals surface area contributed by atoms with Gasteiger partial charge in [0.2, 0.25) is 5.88 Å². The topological polar surface area (TPSA) is 45.9 Å². The molecule has 0 N–H and O–H groups in total. The Balaban J connectivity index is 2.23. The van der Waals surface area contributed by atoms with Crippen molar-refractivity contribution < 1.29 is 4.74 Å². The van der Waals surface area contributed by atoms with E-state index in [0.29, 0.717) is 18.1 Å². The highest BCUT2D eigenvalue weighted by Gasteiger charge is 2.07. The normalized spacial score (nSPS) is 10.2. The van der Waals surface area contributed by atoms with Crippen LogP contribution in [0, 0.1) is 11.3 Å². The molecule has 0 spiro atoms. The van der Waals surface area contributed by atoms with Gasteiger partial charge in [0.1, 0.15) is 11.6 Å². The molecule has 0 unspecified atom stereocenters. The van der Waals surface area contributed by atoms with Gasteiger partial charge in [0.05, 0.1) is 12.1 Å². The van der Waals surface area contributed by atoms with E-state index in [9.17, 15) is 0 Å². The fraction of sp³-hybridized carbons (Fsp3) is 0.333. The monoisotopic (exact) mass is 240 g/mol. The molecule has 2 rings (SSSR count). The SMILES string of the molecule is CCCCCOc1nc2ccccc2cc1C#N. The first-order chi connectivity index (χ1) is 8.85. The summed E-state index contributed by atoms with van der Waals surface area (Å²) in [5.41, 5.74) is 1.37. The average molecular weight is 240 g/mol. The molecule has 0 saturated carbocycles. The van der Waals surface area contributed by atoms with Crippen molar-refractivity contribution in [2.45, 2.75) is 26.2 Å². The van der Waals surface area contributed by atoms with E-state index < -0.39 is 0 Å². The molecule has 3 nitrogen and oxygen atoms in total. The molecule has 18 heavy (non-hydrogen) atoms. The molecule has 0 radical (unpaired) electrons. The number of benzene rings is 1. The van der Waals surface area contributed by atoms with E-state index in [0.717, 1.165) is 30.2 Å². The molecule has 92 valence electrons. The van der Waals surface area contributed by atoms with Gasteiger partial charge in [-0.2, -0.15) is 5.26 Å². The van der Waals surface area contributed by atoms with Crippen molar-refractivity contribution in [2.24, 2.45) is 0 Å². The Morgan fingerprint density at radius 3 is 2.89 bits per heavy atom. The molecule has 0 aliphatic heterocycles. The van der Waals surface area contributed by atoms with Crippen LogP contribution >= 0.6 is 0 Å². The number of nitriles is 1. The van der Waals surface area contributed by atoms with Gasteiger partial charge in [0.15, 0.2) is 0 Å². The fourth-order valence-corrected chi connectivity index (χ4v) is 1.81. The first-order valence-corrected chi connectivity index (χ1v) is 6.28. The highest BCUT2D eigenvalue weighted by molar-refractivity contribution is 5.80. The minimum atomic E-state index is 0.451. The Morgan fingerprint density at radius 2 is 2.11 bits per heavy atom. The second-order valence-corrected chi connectivity index (χ2v) is 4.20. The lowest BCUT2D eigenvalue weighted by Crippen LogP contribution is -2.01. The van der Waals surface area contributed by atoms with Crippen molar-refractivity contribution in [3.05, 3.63) is 35.9 Å². The van der Waals surface area contributed by atoms with Crippen LogP contribution in [-0.2, 0) is 0 Å². The zero-order valence-corrected chi connectivity index (χ0v) is 10.5. The second kappa shape index (κ2) is 6.02. The van der Waals surface area contributed by atoms with Crippen LogP contribution in [-0.4, -0.2) is 11.6 Å². The van der Waals surface area contributed by atoms with Crippen molar-refractivity contribution in [3.63, 3.8) is 0 Å². The minimum Gasteiger partial charge on any atom is -0.477 e. The Labute approximate surface area is 107 Å². The molecule has 1 heterocycles. The number of ether oxygens (including phenoxy) is 1. The molecular formula is C15H16N2O. The molecule has 3 heteroatoms. The fourth-order valence-electron chi connectivity index (χ4n) is 1.81. The van der Waals surface area contributed by atoms with E-state index in [2.05, 4.69) is 18.0 Å². The minimum absolute atomic E-state index is 0.451. The van der Waals surface area contributed by atoms with Crippen LogP contribution in [0.5, 0.6) is 5.88 Å². The number of aromatic nitrogens is 1. The maximum absolute atomic E-state index is 9.11. The van der Waals surface area contributed by atoms with Gasteiger partial charge in [-0.3, -0.25) is 0 Å². The molecule has 1 aromatic heterocycles. The van der Waals surface area contributed by atoms with Gasteiger partial charge >= 0.3 is 0 Å². The lowest BCUT2D eigenvalue weighted by Gasteiger charge is -2.07. The average Bonchev–Trinajstić information content (AvgIpc) is 2.42. The molecule has 0 amide bonds. The zero-order valence-electron chi connectivity index (χ0n) is 10.5. The van der Waals surface area contributed by atoms with Gasteiger partial charge in [0.25, 0.3) is 0 Å². The summed E-state index contributed by atoms with van der Waals surface area (Å²) in [5, 5.41) is 10.1. The third-order valence-electron chi connectivity index (χ3n) is 2.80. The second-order valence-electron chi connectivity index (χ2n) is 4.20. The summed E-state index contributed by atoms with van der Waals surface area (Å²) in [4.78, 5) is 4.40. The number of hydrogen-bond acceptors (Lipinski definition) is 3. The van der Waals surface area contributed by atoms with Crippen LogP contribution in [0.15, 0.2) is 30.3 Å². The lowest BCUT2D eigenvalue weighted by atomic mass is 10.1. The van der Waals surface area contributed by atoms with Crippen LogP contribution in [0.3, 0.4) is 0 Å². The van der Waals surface area contributed by atoms with E-state index >= 15 is 0 Å². The summed E-state index contributed by atoms with van der Waals surface area (Å²) < 4.78 is 5.60. The van der Waals surface area contributed by atoms with Gasteiger partial charge < -0.3 is 4.74 Å². The molecule has 2 aromatic rings. The third-order valence-corrected chi connectivity index (χ3v) is 2.80. The summed E-state index contributed by atoms with van der Waals surface area (Å²) in [6.07, 6.45) is 3.28. The molecule has 0 saturated heterocycles. The number of rotatable bonds is 5. The molecule has 0 aliphatic carbocycles. The number of fused-ring (bicyclic) bond motifs is 1. The van der Waals surface area contributed by atoms with Crippen LogP contribution in [0.25, 0.3) is 10.9 Å². The Kier molecular flexibility index (Phi) is 4.14. The first kappa shape index (κ1) is 12.4. The summed E-state index contributed by atoms with van der Waals surface area (Å²) in [7, 11) is 0. The molecular weight excluding hydrogens is 224 g/mol. The van der Waals surface area contributed by atoms with E-state index in [-0.39, 0.29) is 0 Å². The predicted octanol–water partition coefficient (Wildman–Crippen LogP) is 3.68. The number of para-hydroxylation sites is 1. The third kappa shape index (κ3) is 2.78. The van der Waals surface area contributed by atoms with E-state index in [1.165, 1.54) is 0 Å². The molecule has 0 aliphatic rings. The highest BCUT2D eigenvalue weighted by atomic mass is 16.5. The van der Waals surface area contributed by atoms with Crippen molar-refractivity contribution in [1.82, 2.24) is 4.98 Å². The lowest BCUT2D eigenvalue weighted by molar-refractivity contribution is 0.295. The van der Waals surface area contributed by atoms with E-state index in [1.807, 2.05) is 30.3 Å². The Morgan fingerprint density at radius 1 is 1.28 bits per heavy atom. The highest BCUT2D eigenvalue weighted by Crippen LogP contribution is 2.21. The van der Waals surface area contributed by atoms with Crippen molar-refractivity contribution in [1.29, 1.82) is 5.26 Å². The van der Waals surface area contributed by atoms with Gasteiger partial charge in [-0.1, -0.05) is 38.0 Å². The van der Waals surface area contributed by atoms with Gasteiger partial charge in [-0.25, -0.2) is 4.98 Å². The summed E-state index contributed by atoms with van der Waals surface area (Å²) in [6, 6.07) is 11.7. The zero-order chi connectivity index (χ0) is 12.8. The summed E-state index contributed by atoms with van der Waals surface area (Å²) >= 11 is 0. The summed E-state index contributed by atoms with van der Waals surface area (Å²) in [5.74, 6) is 0.451.